The van der Waals surface area contributed by atoms with Crippen LogP contribution in [-0.4, -0.2) is 68.8 Å². The molecule has 17 heteroatoms. The molecule has 0 radical (unpaired) electrons. The Morgan fingerprint density at radius 3 is 2.41 bits per heavy atom. The van der Waals surface area contributed by atoms with Gasteiger partial charge in [0.25, 0.3) is 5.92 Å². The van der Waals surface area contributed by atoms with Gasteiger partial charge >= 0.3 is 6.18 Å². The van der Waals surface area contributed by atoms with Gasteiger partial charge in [0.15, 0.2) is 5.65 Å². The third-order valence-corrected chi connectivity index (χ3v) is 11.2. The smallest absolute Gasteiger partial charge is 0.389 e. The SMILES string of the molecule is Cc1nc2cc(-c3nc(C#N)ccc3/C(C=N)=C/NCC(C)(CCn3c(C)nc4cc(-c5ncccc5-c5cnn(CC(C)(C)C(C)(F)F)c5)ccc43)C(F)(F)F)ccn2n1. The summed E-state index contributed by atoms with van der Waals surface area (Å²) in [7, 11) is 0. The Balaban J connectivity index is 1.11. The van der Waals surface area contributed by atoms with Crippen LogP contribution >= 0.6 is 0 Å². The minimum absolute atomic E-state index is 0.000222. The van der Waals surface area contributed by atoms with Crippen LogP contribution in [0, 0.1) is 41.4 Å². The van der Waals surface area contributed by atoms with E-state index in [0.717, 1.165) is 25.6 Å². The van der Waals surface area contributed by atoms with Crippen LogP contribution in [0.2, 0.25) is 0 Å². The van der Waals surface area contributed by atoms with Crippen LogP contribution in [0.15, 0.2) is 85.6 Å². The van der Waals surface area contributed by atoms with E-state index in [1.807, 2.05) is 30.3 Å². The van der Waals surface area contributed by atoms with Crippen molar-refractivity contribution in [2.24, 2.45) is 10.8 Å². The molecule has 61 heavy (non-hydrogen) atoms. The Morgan fingerprint density at radius 2 is 1.69 bits per heavy atom. The van der Waals surface area contributed by atoms with E-state index in [-0.39, 0.29) is 30.8 Å². The molecule has 0 spiro atoms. The van der Waals surface area contributed by atoms with Crippen LogP contribution in [0.1, 0.15) is 57.0 Å². The second-order valence-corrected chi connectivity index (χ2v) is 16.1. The third-order valence-electron chi connectivity index (χ3n) is 11.2. The molecular weight excluding hydrogens is 792 g/mol. The number of benzene rings is 1. The van der Waals surface area contributed by atoms with E-state index < -0.39 is 29.5 Å². The van der Waals surface area contributed by atoms with Gasteiger partial charge in [-0.2, -0.15) is 28.6 Å². The molecule has 0 aliphatic heterocycles. The molecule has 0 aliphatic rings. The number of hydrogen-bond acceptors (Lipinski definition) is 9. The average molecular weight is 835 g/mol. The fraction of sp³-hybridized carbons (Fsp3) is 0.318. The number of aromatic nitrogens is 9. The largest absolute Gasteiger partial charge is 0.395 e. The number of nitrogens with one attached hydrogen (secondary N) is 2. The molecule has 7 aromatic rings. The highest BCUT2D eigenvalue weighted by Crippen LogP contribution is 2.42. The molecule has 6 heterocycles. The van der Waals surface area contributed by atoms with Gasteiger partial charge < -0.3 is 15.3 Å². The maximum absolute atomic E-state index is 14.9. The van der Waals surface area contributed by atoms with Crippen molar-refractivity contribution in [1.82, 2.24) is 49.2 Å². The van der Waals surface area contributed by atoms with Crippen molar-refractivity contribution in [2.75, 3.05) is 6.54 Å². The maximum atomic E-state index is 14.9. The zero-order valence-corrected chi connectivity index (χ0v) is 34.4. The first-order valence-electron chi connectivity index (χ1n) is 19.4. The Morgan fingerprint density at radius 1 is 0.918 bits per heavy atom. The number of allylic oxidation sites excluding steroid dienone is 1. The monoisotopic (exact) mass is 834 g/mol. The number of nitriles is 1. The van der Waals surface area contributed by atoms with E-state index in [1.165, 1.54) is 30.8 Å². The van der Waals surface area contributed by atoms with Crippen LogP contribution in [-0.2, 0) is 13.1 Å². The third kappa shape index (κ3) is 8.47. The van der Waals surface area contributed by atoms with E-state index >= 15 is 0 Å². The predicted molar refractivity (Wildman–Crippen MR) is 223 cm³/mol. The molecule has 0 bridgehead atoms. The van der Waals surface area contributed by atoms with Gasteiger partial charge in [-0.1, -0.05) is 26.0 Å². The summed E-state index contributed by atoms with van der Waals surface area (Å²) in [6, 6.07) is 17.7. The van der Waals surface area contributed by atoms with Gasteiger partial charge in [0.05, 0.1) is 40.6 Å². The van der Waals surface area contributed by atoms with Gasteiger partial charge in [0, 0.05) is 82.9 Å². The second kappa shape index (κ2) is 16.0. The lowest BCUT2D eigenvalue weighted by Crippen LogP contribution is -2.43. The molecule has 314 valence electrons. The molecule has 0 fully saturated rings. The molecule has 0 saturated carbocycles. The highest BCUT2D eigenvalue weighted by Gasteiger charge is 2.50. The number of alkyl halides is 5. The summed E-state index contributed by atoms with van der Waals surface area (Å²) in [5.74, 6) is -1.83. The van der Waals surface area contributed by atoms with E-state index in [4.69, 9.17) is 10.4 Å². The van der Waals surface area contributed by atoms with Crippen molar-refractivity contribution in [2.45, 2.75) is 73.2 Å². The summed E-state index contributed by atoms with van der Waals surface area (Å²) in [6.07, 6.45) is 4.16. The van der Waals surface area contributed by atoms with Crippen molar-refractivity contribution in [3.63, 3.8) is 0 Å². The first-order chi connectivity index (χ1) is 28.8. The van der Waals surface area contributed by atoms with E-state index in [1.54, 1.807) is 72.0 Å². The Kier molecular flexibility index (Phi) is 11.1. The summed E-state index contributed by atoms with van der Waals surface area (Å²) in [4.78, 5) is 18.2. The molecule has 1 atom stereocenters. The summed E-state index contributed by atoms with van der Waals surface area (Å²) in [6.45, 7) is 8.05. The van der Waals surface area contributed by atoms with Crippen molar-refractivity contribution >= 4 is 28.5 Å². The van der Waals surface area contributed by atoms with Crippen LogP contribution < -0.4 is 5.32 Å². The first kappa shape index (κ1) is 42.3. The number of pyridine rings is 3. The molecule has 2 N–H and O–H groups in total. The van der Waals surface area contributed by atoms with Gasteiger partial charge in [-0.25, -0.2) is 28.2 Å². The van der Waals surface area contributed by atoms with E-state index in [2.05, 4.69) is 30.5 Å². The van der Waals surface area contributed by atoms with Crippen molar-refractivity contribution in [1.29, 1.82) is 10.7 Å². The van der Waals surface area contributed by atoms with Crippen LogP contribution in [0.3, 0.4) is 0 Å². The molecule has 0 amide bonds. The molecule has 6 aromatic heterocycles. The van der Waals surface area contributed by atoms with Gasteiger partial charge in [-0.05, 0) is 76.6 Å². The van der Waals surface area contributed by atoms with Crippen molar-refractivity contribution in [3.8, 4) is 39.7 Å². The normalized spacial score (nSPS) is 13.7. The molecule has 0 aliphatic carbocycles. The number of aryl methyl sites for hydroxylation is 3. The molecule has 1 unspecified atom stereocenters. The summed E-state index contributed by atoms with van der Waals surface area (Å²) in [5.41, 5.74) is 2.76. The highest BCUT2D eigenvalue weighted by atomic mass is 19.4. The molecule has 7 rings (SSSR count). The van der Waals surface area contributed by atoms with Crippen molar-refractivity contribution < 1.29 is 22.0 Å². The maximum Gasteiger partial charge on any atom is 0.395 e. The Bertz CT molecular complexity index is 2840. The van der Waals surface area contributed by atoms with Crippen LogP contribution in [0.25, 0.3) is 55.9 Å². The van der Waals surface area contributed by atoms with Crippen LogP contribution in [0.4, 0.5) is 22.0 Å². The number of halogens is 5. The minimum atomic E-state index is -4.60. The lowest BCUT2D eigenvalue weighted by molar-refractivity contribution is -0.218. The first-order valence-corrected chi connectivity index (χ1v) is 19.4. The van der Waals surface area contributed by atoms with E-state index in [9.17, 15) is 27.2 Å². The lowest BCUT2D eigenvalue weighted by Gasteiger charge is -2.32. The van der Waals surface area contributed by atoms with Gasteiger partial charge in [0.1, 0.15) is 23.4 Å². The van der Waals surface area contributed by atoms with Gasteiger partial charge in [-0.15, -0.1) is 0 Å². The number of nitrogens with zero attached hydrogens (tertiary/aromatic N) is 10. The summed E-state index contributed by atoms with van der Waals surface area (Å²) in [5, 5.41) is 29.2. The Hall–Kier alpha value is -6.83. The van der Waals surface area contributed by atoms with E-state index in [0.29, 0.717) is 62.0 Å². The predicted octanol–water partition coefficient (Wildman–Crippen LogP) is 9.48. The van der Waals surface area contributed by atoms with Crippen molar-refractivity contribution in [3.05, 3.63) is 108 Å². The molecular formula is C44H43F5N12. The number of fused-ring (bicyclic) bond motifs is 2. The highest BCUT2D eigenvalue weighted by molar-refractivity contribution is 6.10. The fourth-order valence-corrected chi connectivity index (χ4v) is 7.07. The van der Waals surface area contributed by atoms with Gasteiger partial charge in [-0.3, -0.25) is 9.67 Å². The number of rotatable bonds is 14. The summed E-state index contributed by atoms with van der Waals surface area (Å²) >= 11 is 0. The molecule has 1 aromatic carbocycles. The quantitative estimate of drug-likeness (QED) is 0.0813. The molecule has 0 saturated heterocycles. The zero-order valence-electron chi connectivity index (χ0n) is 34.4. The Labute approximate surface area is 348 Å². The number of imidazole rings is 1. The number of hydrogen-bond donors (Lipinski definition) is 2. The fourth-order valence-electron chi connectivity index (χ4n) is 7.07. The zero-order chi connectivity index (χ0) is 43.9. The minimum Gasteiger partial charge on any atom is -0.389 e. The average Bonchev–Trinajstić information content (AvgIpc) is 3.92. The topological polar surface area (TPSA) is 151 Å². The summed E-state index contributed by atoms with van der Waals surface area (Å²) < 4.78 is 78.0. The second-order valence-electron chi connectivity index (χ2n) is 16.1. The standard InChI is InChI=1S/C44H43F5N12/c1-27-55-38-19-30(13-16-61(38)58-27)40-35(11-10-33(21-51)57-40)31(20-50)22-52-25-42(5,44(47,48)49)14-17-60-28(2)56-36-18-29(9-12-37(36)60)39-34(8-7-15-53-39)32-23-54-59(24-32)26-41(3,4)43(6,45)46/h7-13,15-16,18-20,22-24,50,52H,14,17,25-26H2,1-6H3/b31-22+,50-20?. The molecule has 12 nitrogen and oxygen atoms in total. The van der Waals surface area contributed by atoms with Gasteiger partial charge in [0.2, 0.25) is 0 Å². The lowest BCUT2D eigenvalue weighted by atomic mass is 9.85. The van der Waals surface area contributed by atoms with Crippen LogP contribution in [0.5, 0.6) is 0 Å².